The van der Waals surface area contributed by atoms with Crippen molar-refractivity contribution in [3.8, 4) is 0 Å². The van der Waals surface area contributed by atoms with Crippen LogP contribution < -0.4 is 10.0 Å². The number of hydrogen-bond donors (Lipinski definition) is 2. The van der Waals surface area contributed by atoms with E-state index >= 15 is 0 Å². The van der Waals surface area contributed by atoms with Gasteiger partial charge in [-0.25, -0.2) is 13.1 Å². The van der Waals surface area contributed by atoms with Gasteiger partial charge >= 0.3 is 0 Å². The first-order chi connectivity index (χ1) is 12.8. The Kier molecular flexibility index (Phi) is 7.16. The van der Waals surface area contributed by atoms with Crippen LogP contribution in [0.4, 0.5) is 5.69 Å². The van der Waals surface area contributed by atoms with Crippen LogP contribution >= 0.6 is 0 Å². The Morgan fingerprint density at radius 1 is 0.926 bits per heavy atom. The molecule has 2 rings (SSSR count). The third-order valence-corrected chi connectivity index (χ3v) is 6.28. The highest BCUT2D eigenvalue weighted by Crippen LogP contribution is 2.22. The van der Waals surface area contributed by atoms with Gasteiger partial charge in [0.05, 0.1) is 4.90 Å². The van der Waals surface area contributed by atoms with Crippen molar-refractivity contribution in [2.45, 2.75) is 57.4 Å². The Morgan fingerprint density at radius 2 is 1.48 bits per heavy atom. The van der Waals surface area contributed by atoms with Gasteiger partial charge in [0.2, 0.25) is 15.9 Å². The highest BCUT2D eigenvalue weighted by molar-refractivity contribution is 7.89. The zero-order chi connectivity index (χ0) is 20.0. The molecule has 2 aromatic carbocycles. The number of sulfonamides is 1. The fraction of sp³-hybridized carbons (Fsp3) is 0.381. The number of nitrogens with one attached hydrogen (secondary N) is 2. The minimum atomic E-state index is -3.61. The highest BCUT2D eigenvalue weighted by atomic mass is 32.2. The third kappa shape index (κ3) is 5.65. The Labute approximate surface area is 162 Å². The highest BCUT2D eigenvalue weighted by Gasteiger charge is 2.18. The lowest BCUT2D eigenvalue weighted by molar-refractivity contribution is -0.115. The van der Waals surface area contributed by atoms with Gasteiger partial charge in [-0.2, -0.15) is 0 Å². The Hall–Kier alpha value is -2.18. The summed E-state index contributed by atoms with van der Waals surface area (Å²) in [7, 11) is -3.61. The van der Waals surface area contributed by atoms with Gasteiger partial charge in [0.25, 0.3) is 0 Å². The van der Waals surface area contributed by atoms with Crippen molar-refractivity contribution in [3.63, 3.8) is 0 Å². The smallest absolute Gasteiger partial charge is 0.241 e. The van der Waals surface area contributed by atoms with Crippen LogP contribution in [0.5, 0.6) is 0 Å². The molecule has 0 radical (unpaired) electrons. The number of carbonyl (C=O) groups is 1. The van der Waals surface area contributed by atoms with Gasteiger partial charge in [0, 0.05) is 18.2 Å². The second-order valence-corrected chi connectivity index (χ2v) is 8.46. The Bertz CT molecular complexity index is 859. The van der Waals surface area contributed by atoms with E-state index < -0.39 is 10.0 Å². The van der Waals surface area contributed by atoms with Gasteiger partial charge < -0.3 is 5.32 Å². The van der Waals surface area contributed by atoms with Gasteiger partial charge in [-0.05, 0) is 54.7 Å². The molecule has 6 heteroatoms. The summed E-state index contributed by atoms with van der Waals surface area (Å²) in [6, 6.07) is 13.8. The lowest BCUT2D eigenvalue weighted by atomic mass is 9.99. The molecule has 0 aliphatic carbocycles. The molecule has 0 heterocycles. The Balaban J connectivity index is 2.09. The fourth-order valence-corrected chi connectivity index (χ4v) is 3.92. The lowest BCUT2D eigenvalue weighted by Crippen LogP contribution is -2.26. The van der Waals surface area contributed by atoms with Gasteiger partial charge in [-0.15, -0.1) is 0 Å². The molecule has 2 aromatic rings. The molecule has 0 aliphatic heterocycles. The summed E-state index contributed by atoms with van der Waals surface area (Å²) in [6.07, 6.45) is 1.42. The molecule has 1 amide bonds. The van der Waals surface area contributed by atoms with E-state index in [2.05, 4.69) is 23.9 Å². The van der Waals surface area contributed by atoms with E-state index in [1.165, 1.54) is 0 Å². The zero-order valence-corrected chi connectivity index (χ0v) is 17.1. The molecule has 0 spiro atoms. The van der Waals surface area contributed by atoms with E-state index in [0.29, 0.717) is 18.0 Å². The van der Waals surface area contributed by atoms with Crippen LogP contribution in [0, 0.1) is 0 Å². The molecule has 27 heavy (non-hydrogen) atoms. The molecule has 0 fully saturated rings. The van der Waals surface area contributed by atoms with Gasteiger partial charge in [-0.1, -0.05) is 45.0 Å². The van der Waals surface area contributed by atoms with Gasteiger partial charge in [0.1, 0.15) is 0 Å². The maximum absolute atomic E-state index is 12.6. The summed E-state index contributed by atoms with van der Waals surface area (Å²) < 4.78 is 28.0. The minimum absolute atomic E-state index is 0.0580. The van der Waals surface area contributed by atoms with Crippen molar-refractivity contribution in [3.05, 3.63) is 59.7 Å². The van der Waals surface area contributed by atoms with E-state index in [0.717, 1.165) is 17.5 Å². The van der Waals surface area contributed by atoms with Crippen LogP contribution in [0.25, 0.3) is 0 Å². The molecule has 2 atom stereocenters. The SMILES string of the molecule is CCC(=O)Nc1ccc(C(C)NS(=O)(=O)c2ccc(C(C)CC)cc2)cc1. The first-order valence-corrected chi connectivity index (χ1v) is 10.8. The number of anilines is 1. The second kappa shape index (κ2) is 9.15. The molecule has 0 aromatic heterocycles. The van der Waals surface area contributed by atoms with Crippen LogP contribution in [0.15, 0.2) is 53.4 Å². The van der Waals surface area contributed by atoms with Crippen LogP contribution in [-0.4, -0.2) is 14.3 Å². The van der Waals surface area contributed by atoms with Crippen molar-refractivity contribution in [2.75, 3.05) is 5.32 Å². The summed E-state index contributed by atoms with van der Waals surface area (Å²) in [5.41, 5.74) is 2.65. The lowest BCUT2D eigenvalue weighted by Gasteiger charge is -2.16. The summed E-state index contributed by atoms with van der Waals surface area (Å²) in [4.78, 5) is 11.7. The maximum atomic E-state index is 12.6. The van der Waals surface area contributed by atoms with E-state index in [-0.39, 0.29) is 16.8 Å². The zero-order valence-electron chi connectivity index (χ0n) is 16.3. The molecule has 0 saturated heterocycles. The number of rotatable bonds is 8. The molecule has 2 N–H and O–H groups in total. The Morgan fingerprint density at radius 3 is 2.00 bits per heavy atom. The summed E-state index contributed by atoms with van der Waals surface area (Å²) in [5.74, 6) is 0.345. The second-order valence-electron chi connectivity index (χ2n) is 6.75. The quantitative estimate of drug-likeness (QED) is 0.694. The maximum Gasteiger partial charge on any atom is 0.241 e. The third-order valence-electron chi connectivity index (χ3n) is 4.72. The van der Waals surface area contributed by atoms with E-state index in [1.807, 2.05) is 24.3 Å². The number of benzene rings is 2. The standard InChI is InChI=1S/C21H28N2O3S/c1-5-15(3)17-9-13-20(14-10-17)27(25,26)23-16(4)18-7-11-19(12-8-18)22-21(24)6-2/h7-16,23H,5-6H2,1-4H3,(H,22,24). The van der Waals surface area contributed by atoms with E-state index in [1.54, 1.807) is 38.1 Å². The van der Waals surface area contributed by atoms with E-state index in [4.69, 9.17) is 0 Å². The number of hydrogen-bond acceptors (Lipinski definition) is 3. The van der Waals surface area contributed by atoms with Crippen molar-refractivity contribution < 1.29 is 13.2 Å². The fourth-order valence-electron chi connectivity index (χ4n) is 2.68. The summed E-state index contributed by atoms with van der Waals surface area (Å²) in [5, 5.41) is 2.77. The summed E-state index contributed by atoms with van der Waals surface area (Å²) in [6.45, 7) is 7.81. The molecule has 0 aliphatic rings. The topological polar surface area (TPSA) is 75.3 Å². The molecule has 0 saturated carbocycles. The normalized spacial score (nSPS) is 13.8. The molecule has 5 nitrogen and oxygen atoms in total. The van der Waals surface area contributed by atoms with Crippen molar-refractivity contribution in [1.82, 2.24) is 4.72 Å². The molecular weight excluding hydrogens is 360 g/mol. The predicted molar refractivity (Wildman–Crippen MR) is 109 cm³/mol. The molecule has 146 valence electrons. The van der Waals surface area contributed by atoms with Gasteiger partial charge in [-0.3, -0.25) is 4.79 Å². The molecule has 0 bridgehead atoms. The average Bonchev–Trinajstić information content (AvgIpc) is 2.67. The number of carbonyl (C=O) groups excluding carboxylic acids is 1. The van der Waals surface area contributed by atoms with E-state index in [9.17, 15) is 13.2 Å². The van der Waals surface area contributed by atoms with Gasteiger partial charge in [0.15, 0.2) is 0 Å². The first kappa shape index (κ1) is 21.1. The number of amides is 1. The largest absolute Gasteiger partial charge is 0.326 e. The summed E-state index contributed by atoms with van der Waals surface area (Å²) >= 11 is 0. The van der Waals surface area contributed by atoms with Crippen molar-refractivity contribution in [1.29, 1.82) is 0 Å². The molecular formula is C21H28N2O3S. The van der Waals surface area contributed by atoms with Crippen LogP contribution in [0.1, 0.15) is 63.6 Å². The predicted octanol–water partition coefficient (Wildman–Crippen LogP) is 4.59. The van der Waals surface area contributed by atoms with Crippen LogP contribution in [0.3, 0.4) is 0 Å². The van der Waals surface area contributed by atoms with Crippen molar-refractivity contribution >= 4 is 21.6 Å². The first-order valence-electron chi connectivity index (χ1n) is 9.29. The van der Waals surface area contributed by atoms with Crippen molar-refractivity contribution in [2.24, 2.45) is 0 Å². The minimum Gasteiger partial charge on any atom is -0.326 e. The average molecular weight is 389 g/mol. The monoisotopic (exact) mass is 388 g/mol. The van der Waals surface area contributed by atoms with Crippen LogP contribution in [0.2, 0.25) is 0 Å². The van der Waals surface area contributed by atoms with Crippen LogP contribution in [-0.2, 0) is 14.8 Å². The molecule has 2 unspecified atom stereocenters.